The molecule has 0 fully saturated rings. The minimum Gasteiger partial charge on any atom is -0.478 e. The number of fused-ring (bicyclic) bond motifs is 2. The average molecular weight is 211 g/mol. The number of aromatic nitrogens is 1. The topological polar surface area (TPSA) is 53.1 Å². The van der Waals surface area contributed by atoms with E-state index in [9.17, 15) is 9.90 Å². The molecule has 0 saturated carbocycles. The van der Waals surface area contributed by atoms with Crippen molar-refractivity contribution in [1.82, 2.24) is 4.98 Å². The molecule has 0 saturated heterocycles. The fraction of sp³-hybridized carbons (Fsp3) is 0. The number of nitrogens with one attached hydrogen (secondary N) is 1. The molecule has 0 aromatic heterocycles. The summed E-state index contributed by atoms with van der Waals surface area (Å²) < 4.78 is 0. The molecule has 0 bridgehead atoms. The number of rotatable bonds is 1. The SMILES string of the molecule is O=C(O)c1c2cccc-2[nH]c2ccccc12. The monoisotopic (exact) mass is 211 g/mol. The van der Waals surface area contributed by atoms with Gasteiger partial charge in [-0.3, -0.25) is 0 Å². The maximum absolute atomic E-state index is 11.3. The van der Waals surface area contributed by atoms with Crippen molar-refractivity contribution in [2.75, 3.05) is 0 Å². The van der Waals surface area contributed by atoms with Crippen molar-refractivity contribution in [2.45, 2.75) is 0 Å². The van der Waals surface area contributed by atoms with E-state index in [1.54, 1.807) is 0 Å². The second kappa shape index (κ2) is 3.10. The summed E-state index contributed by atoms with van der Waals surface area (Å²) in [7, 11) is 0. The van der Waals surface area contributed by atoms with Gasteiger partial charge in [0.2, 0.25) is 0 Å². The van der Waals surface area contributed by atoms with Crippen LogP contribution in [0.15, 0.2) is 42.5 Å². The van der Waals surface area contributed by atoms with Gasteiger partial charge in [0.05, 0.1) is 5.56 Å². The lowest BCUT2D eigenvalue weighted by Crippen LogP contribution is -2.02. The van der Waals surface area contributed by atoms with Crippen LogP contribution in [-0.4, -0.2) is 16.1 Å². The van der Waals surface area contributed by atoms with Crippen LogP contribution in [-0.2, 0) is 0 Å². The smallest absolute Gasteiger partial charge is 0.337 e. The van der Waals surface area contributed by atoms with E-state index in [-0.39, 0.29) is 0 Å². The molecular formula is C13H9NO2. The van der Waals surface area contributed by atoms with Crippen LogP contribution in [0.3, 0.4) is 0 Å². The molecule has 3 heteroatoms. The Kier molecular flexibility index (Phi) is 1.74. The van der Waals surface area contributed by atoms with Crippen LogP contribution in [0.2, 0.25) is 0 Å². The van der Waals surface area contributed by atoms with Crippen LogP contribution in [0.1, 0.15) is 10.4 Å². The van der Waals surface area contributed by atoms with E-state index in [4.69, 9.17) is 0 Å². The Morgan fingerprint density at radius 1 is 1.06 bits per heavy atom. The second-order valence-electron chi connectivity index (χ2n) is 3.70. The Labute approximate surface area is 91.7 Å². The number of pyridine rings is 1. The molecule has 0 radical (unpaired) electrons. The van der Waals surface area contributed by atoms with Gasteiger partial charge in [-0.1, -0.05) is 30.3 Å². The number of H-pyrrole nitrogens is 1. The molecule has 1 aliphatic carbocycles. The normalized spacial score (nSPS) is 11.0. The first kappa shape index (κ1) is 8.97. The van der Waals surface area contributed by atoms with Crippen molar-refractivity contribution < 1.29 is 9.90 Å². The van der Waals surface area contributed by atoms with Gasteiger partial charge >= 0.3 is 5.97 Å². The largest absolute Gasteiger partial charge is 0.478 e. The maximum Gasteiger partial charge on any atom is 0.337 e. The number of carboxylic acids is 1. The predicted octanol–water partition coefficient (Wildman–Crippen LogP) is 2.97. The van der Waals surface area contributed by atoms with Crippen molar-refractivity contribution in [3.63, 3.8) is 0 Å². The first-order valence-corrected chi connectivity index (χ1v) is 5.00. The van der Waals surface area contributed by atoms with E-state index in [1.807, 2.05) is 42.5 Å². The van der Waals surface area contributed by atoms with Crippen molar-refractivity contribution >= 4 is 16.9 Å². The zero-order chi connectivity index (χ0) is 11.1. The average Bonchev–Trinajstić information content (AvgIpc) is 2.72. The van der Waals surface area contributed by atoms with Crippen LogP contribution in [0, 0.1) is 0 Å². The van der Waals surface area contributed by atoms with Crippen LogP contribution < -0.4 is 0 Å². The Balaban J connectivity index is 2.56. The summed E-state index contributed by atoms with van der Waals surface area (Å²) in [4.78, 5) is 14.5. The molecule has 3 nitrogen and oxygen atoms in total. The molecule has 78 valence electrons. The molecule has 1 heterocycles. The maximum atomic E-state index is 11.3. The molecule has 2 N–H and O–H groups in total. The Bertz CT molecular complexity index is 654. The Morgan fingerprint density at radius 3 is 2.69 bits per heavy atom. The van der Waals surface area contributed by atoms with Gasteiger partial charge < -0.3 is 10.1 Å². The molecule has 2 aliphatic rings. The van der Waals surface area contributed by atoms with Crippen molar-refractivity contribution in [3.8, 4) is 11.3 Å². The van der Waals surface area contributed by atoms with E-state index in [2.05, 4.69) is 4.98 Å². The molecule has 0 amide bonds. The zero-order valence-electron chi connectivity index (χ0n) is 8.40. The number of para-hydroxylation sites is 1. The Hall–Kier alpha value is -2.29. The highest BCUT2D eigenvalue weighted by Gasteiger charge is 2.17. The lowest BCUT2D eigenvalue weighted by Gasteiger charge is -2.09. The van der Waals surface area contributed by atoms with Gasteiger partial charge in [0.25, 0.3) is 0 Å². The summed E-state index contributed by atoms with van der Waals surface area (Å²) in [5.41, 5.74) is 2.83. The standard InChI is InChI=1S/C13H9NO2/c15-13(16)12-8-4-1-2-6-10(8)14-11-7-3-5-9(11)12/h1-7,14H,(H,15,16). The van der Waals surface area contributed by atoms with Gasteiger partial charge in [0.15, 0.2) is 0 Å². The third-order valence-electron chi connectivity index (χ3n) is 2.76. The number of benzene rings is 1. The summed E-state index contributed by atoms with van der Waals surface area (Å²) in [6, 6.07) is 13.0. The number of hydrogen-bond donors (Lipinski definition) is 2. The fourth-order valence-corrected chi connectivity index (χ4v) is 2.08. The molecule has 0 unspecified atom stereocenters. The summed E-state index contributed by atoms with van der Waals surface area (Å²) in [5, 5.41) is 10.0. The number of aromatic amines is 1. The lowest BCUT2D eigenvalue weighted by molar-refractivity contribution is 0.0700. The summed E-state index contributed by atoms with van der Waals surface area (Å²) in [6.45, 7) is 0. The molecule has 0 spiro atoms. The number of carboxylic acid groups (broad SMARTS) is 1. The van der Waals surface area contributed by atoms with Gasteiger partial charge in [-0.2, -0.15) is 0 Å². The van der Waals surface area contributed by atoms with Gasteiger partial charge in [-0.05, 0) is 12.1 Å². The summed E-state index contributed by atoms with van der Waals surface area (Å²) >= 11 is 0. The first-order chi connectivity index (χ1) is 7.77. The van der Waals surface area contributed by atoms with E-state index in [0.29, 0.717) is 5.56 Å². The molecule has 0 atom stereocenters. The number of carbonyl (C=O) groups is 1. The van der Waals surface area contributed by atoms with Crippen LogP contribution in [0.4, 0.5) is 0 Å². The molecule has 1 aromatic rings. The molecule has 1 aliphatic heterocycles. The van der Waals surface area contributed by atoms with Gasteiger partial charge in [-0.15, -0.1) is 0 Å². The van der Waals surface area contributed by atoms with Crippen molar-refractivity contribution in [1.29, 1.82) is 0 Å². The van der Waals surface area contributed by atoms with Gasteiger partial charge in [0, 0.05) is 22.2 Å². The van der Waals surface area contributed by atoms with Crippen molar-refractivity contribution in [3.05, 3.63) is 48.0 Å². The highest BCUT2D eigenvalue weighted by Crippen LogP contribution is 2.31. The first-order valence-electron chi connectivity index (χ1n) is 5.00. The van der Waals surface area contributed by atoms with Gasteiger partial charge in [-0.25, -0.2) is 4.79 Å². The summed E-state index contributed by atoms with van der Waals surface area (Å²) in [5.74, 6) is -0.888. The van der Waals surface area contributed by atoms with Crippen LogP contribution in [0.5, 0.6) is 0 Å². The molecular weight excluding hydrogens is 202 g/mol. The molecule has 16 heavy (non-hydrogen) atoms. The lowest BCUT2D eigenvalue weighted by atomic mass is 10.0. The second-order valence-corrected chi connectivity index (χ2v) is 3.70. The minimum absolute atomic E-state index is 0.370. The highest BCUT2D eigenvalue weighted by atomic mass is 16.4. The predicted molar refractivity (Wildman–Crippen MR) is 61.9 cm³/mol. The highest BCUT2D eigenvalue weighted by molar-refractivity contribution is 6.09. The number of aromatic carboxylic acids is 1. The van der Waals surface area contributed by atoms with E-state index >= 15 is 0 Å². The Morgan fingerprint density at radius 2 is 1.88 bits per heavy atom. The van der Waals surface area contributed by atoms with E-state index in [0.717, 1.165) is 22.2 Å². The molecule has 3 rings (SSSR count). The quantitative estimate of drug-likeness (QED) is 0.650. The zero-order valence-corrected chi connectivity index (χ0v) is 8.40. The van der Waals surface area contributed by atoms with E-state index < -0.39 is 5.97 Å². The summed E-state index contributed by atoms with van der Waals surface area (Å²) in [6.07, 6.45) is 0. The van der Waals surface area contributed by atoms with E-state index in [1.165, 1.54) is 0 Å². The van der Waals surface area contributed by atoms with Crippen LogP contribution in [0.25, 0.3) is 22.2 Å². The van der Waals surface area contributed by atoms with Crippen LogP contribution >= 0.6 is 0 Å². The minimum atomic E-state index is -0.888. The van der Waals surface area contributed by atoms with Gasteiger partial charge in [0.1, 0.15) is 0 Å². The molecule has 1 aromatic carbocycles. The third-order valence-corrected chi connectivity index (χ3v) is 2.76. The number of hydrogen-bond acceptors (Lipinski definition) is 1. The third kappa shape index (κ3) is 1.11. The van der Waals surface area contributed by atoms with Crippen molar-refractivity contribution in [2.24, 2.45) is 0 Å². The fourth-order valence-electron chi connectivity index (χ4n) is 2.08.